The van der Waals surface area contributed by atoms with E-state index in [0.29, 0.717) is 26.3 Å². The average Bonchev–Trinajstić information content (AvgIpc) is 3.24. The highest BCUT2D eigenvalue weighted by Crippen LogP contribution is 2.32. The van der Waals surface area contributed by atoms with Gasteiger partial charge in [0.2, 0.25) is 0 Å². The van der Waals surface area contributed by atoms with Crippen LogP contribution in [-0.4, -0.2) is 24.0 Å². The number of nitro benzene ring substituents is 1. The molecule has 2 aromatic heterocycles. The maximum atomic E-state index is 13.9. The molecule has 0 aliphatic carbocycles. The van der Waals surface area contributed by atoms with Crippen LogP contribution in [0.15, 0.2) is 77.9 Å². The van der Waals surface area contributed by atoms with Gasteiger partial charge in [-0.05, 0) is 48.5 Å². The number of halogens is 3. The van der Waals surface area contributed by atoms with Crippen LogP contribution in [0.1, 0.15) is 0 Å². The molecule has 0 unspecified atom stereocenters. The highest BCUT2D eigenvalue weighted by atomic mass is 35.5. The Kier molecular flexibility index (Phi) is 5.57. The van der Waals surface area contributed by atoms with Crippen LogP contribution >= 0.6 is 34.8 Å². The molecule has 11 heteroatoms. The lowest BCUT2D eigenvalue weighted by Gasteiger charge is -2.14. The summed E-state index contributed by atoms with van der Waals surface area (Å²) in [5.74, 6) is 0.231. The van der Waals surface area contributed by atoms with E-state index in [1.807, 2.05) is 0 Å². The van der Waals surface area contributed by atoms with Crippen molar-refractivity contribution >= 4 is 51.7 Å². The minimum atomic E-state index is -0.520. The number of aromatic nitrogens is 4. The summed E-state index contributed by atoms with van der Waals surface area (Å²) >= 11 is 18.6. The quantitative estimate of drug-likeness (QED) is 0.214. The van der Waals surface area contributed by atoms with Gasteiger partial charge in [0.1, 0.15) is 12.0 Å². The lowest BCUT2D eigenvalue weighted by molar-refractivity contribution is -0.384. The van der Waals surface area contributed by atoms with Gasteiger partial charge in [-0.1, -0.05) is 46.9 Å². The largest absolute Gasteiger partial charge is 0.293 e. The zero-order valence-corrected chi connectivity index (χ0v) is 19.3. The molecule has 0 saturated heterocycles. The van der Waals surface area contributed by atoms with E-state index in [9.17, 15) is 14.9 Å². The fourth-order valence-electron chi connectivity index (χ4n) is 3.66. The number of rotatable bonds is 4. The fraction of sp³-hybridized carbons (Fsp3) is 0. The minimum absolute atomic E-state index is 0.0677. The molecule has 8 nitrogen and oxygen atoms in total. The van der Waals surface area contributed by atoms with Gasteiger partial charge >= 0.3 is 0 Å². The molecule has 0 bridgehead atoms. The Labute approximate surface area is 206 Å². The predicted octanol–water partition coefficient (Wildman–Crippen LogP) is 6.11. The molecule has 34 heavy (non-hydrogen) atoms. The van der Waals surface area contributed by atoms with Crippen molar-refractivity contribution in [1.82, 2.24) is 19.1 Å². The second kappa shape index (κ2) is 8.57. The van der Waals surface area contributed by atoms with Crippen molar-refractivity contribution in [1.29, 1.82) is 0 Å². The maximum absolute atomic E-state index is 13.9. The van der Waals surface area contributed by atoms with Gasteiger partial charge in [0.15, 0.2) is 17.0 Å². The highest BCUT2D eigenvalue weighted by molar-refractivity contribution is 6.36. The Balaban J connectivity index is 1.88. The zero-order chi connectivity index (χ0) is 24.0. The molecule has 0 saturated carbocycles. The van der Waals surface area contributed by atoms with Gasteiger partial charge in [0, 0.05) is 21.7 Å². The summed E-state index contributed by atoms with van der Waals surface area (Å²) in [6.07, 6.45) is 1.33. The van der Waals surface area contributed by atoms with E-state index in [2.05, 4.69) is 9.97 Å². The normalized spacial score (nSPS) is 11.1. The highest BCUT2D eigenvalue weighted by Gasteiger charge is 2.23. The monoisotopic (exact) mass is 511 g/mol. The molecule has 5 aromatic rings. The van der Waals surface area contributed by atoms with E-state index in [1.165, 1.54) is 27.6 Å². The van der Waals surface area contributed by atoms with Crippen molar-refractivity contribution < 1.29 is 4.92 Å². The number of benzene rings is 3. The lowest BCUT2D eigenvalue weighted by Crippen LogP contribution is -2.23. The third-order valence-electron chi connectivity index (χ3n) is 5.17. The van der Waals surface area contributed by atoms with Crippen LogP contribution in [-0.2, 0) is 0 Å². The number of hydrogen-bond donors (Lipinski definition) is 0. The standard InChI is InChI=1S/C23H12Cl3N5O3/c24-13-5-8-15(9-6-13)30-22(16-10-7-14(25)11-17(16)26)28-21-20(23(30)32)29(12-27-21)18-3-1-2-4-19(18)31(33)34/h1-12H. The topological polar surface area (TPSA) is 95.8 Å². The van der Waals surface area contributed by atoms with E-state index < -0.39 is 10.5 Å². The first kappa shape index (κ1) is 22.1. The Morgan fingerprint density at radius 1 is 0.912 bits per heavy atom. The van der Waals surface area contributed by atoms with Gasteiger partial charge in [-0.3, -0.25) is 24.0 Å². The van der Waals surface area contributed by atoms with Gasteiger partial charge in [-0.2, -0.15) is 0 Å². The van der Waals surface area contributed by atoms with Crippen LogP contribution in [0.5, 0.6) is 0 Å². The number of fused-ring (bicyclic) bond motifs is 1. The summed E-state index contributed by atoms with van der Waals surface area (Å²) in [6.45, 7) is 0. The number of nitro groups is 1. The zero-order valence-electron chi connectivity index (χ0n) is 17.0. The van der Waals surface area contributed by atoms with Crippen molar-refractivity contribution in [2.45, 2.75) is 0 Å². The van der Waals surface area contributed by atoms with E-state index in [1.54, 1.807) is 54.6 Å². The minimum Gasteiger partial charge on any atom is -0.286 e. The summed E-state index contributed by atoms with van der Waals surface area (Å²) in [4.78, 5) is 33.9. The van der Waals surface area contributed by atoms with Gasteiger partial charge in [0.05, 0.1) is 15.6 Å². The van der Waals surface area contributed by atoms with Crippen LogP contribution in [0.25, 0.3) is 33.9 Å². The van der Waals surface area contributed by atoms with E-state index >= 15 is 0 Å². The Morgan fingerprint density at radius 2 is 1.62 bits per heavy atom. The Hall–Kier alpha value is -3.72. The number of imidazole rings is 1. The van der Waals surface area contributed by atoms with Gasteiger partial charge in [-0.25, -0.2) is 9.97 Å². The summed E-state index contributed by atoms with van der Waals surface area (Å²) in [5.41, 5.74) is 0.620. The molecular formula is C23H12Cl3N5O3. The van der Waals surface area contributed by atoms with E-state index in [0.717, 1.165) is 0 Å². The molecule has 3 aromatic carbocycles. The number of nitrogens with zero attached hydrogens (tertiary/aromatic N) is 5. The van der Waals surface area contributed by atoms with Crippen molar-refractivity contribution in [3.63, 3.8) is 0 Å². The van der Waals surface area contributed by atoms with Crippen LogP contribution in [0, 0.1) is 10.1 Å². The van der Waals surface area contributed by atoms with Crippen molar-refractivity contribution in [3.8, 4) is 22.8 Å². The average molecular weight is 513 g/mol. The van der Waals surface area contributed by atoms with Crippen molar-refractivity contribution in [3.05, 3.63) is 109 Å². The molecule has 2 heterocycles. The maximum Gasteiger partial charge on any atom is 0.293 e. The molecule has 0 spiro atoms. The molecule has 168 valence electrons. The summed E-state index contributed by atoms with van der Waals surface area (Å²) < 4.78 is 2.73. The molecule has 0 aliphatic heterocycles. The van der Waals surface area contributed by atoms with Crippen LogP contribution < -0.4 is 5.56 Å². The van der Waals surface area contributed by atoms with Gasteiger partial charge < -0.3 is 0 Å². The van der Waals surface area contributed by atoms with Crippen LogP contribution in [0.2, 0.25) is 15.1 Å². The Bertz CT molecular complexity index is 1640. The lowest BCUT2D eigenvalue weighted by atomic mass is 10.2. The SMILES string of the molecule is O=c1c2c(ncn2-c2ccccc2[N+](=O)[O-])nc(-c2ccc(Cl)cc2Cl)n1-c1ccc(Cl)cc1. The molecule has 0 N–H and O–H groups in total. The first-order valence-electron chi connectivity index (χ1n) is 9.80. The third kappa shape index (κ3) is 3.71. The Morgan fingerprint density at radius 3 is 2.32 bits per heavy atom. The second-order valence-electron chi connectivity index (χ2n) is 7.21. The van der Waals surface area contributed by atoms with Crippen molar-refractivity contribution in [2.75, 3.05) is 0 Å². The second-order valence-corrected chi connectivity index (χ2v) is 8.49. The van der Waals surface area contributed by atoms with Crippen molar-refractivity contribution in [2.24, 2.45) is 0 Å². The van der Waals surface area contributed by atoms with Crippen LogP contribution in [0.4, 0.5) is 5.69 Å². The first-order chi connectivity index (χ1) is 16.3. The summed E-state index contributed by atoms with van der Waals surface area (Å²) in [7, 11) is 0. The van der Waals surface area contributed by atoms with Crippen LogP contribution in [0.3, 0.4) is 0 Å². The predicted molar refractivity (Wildman–Crippen MR) is 132 cm³/mol. The molecule has 0 atom stereocenters. The number of para-hydroxylation sites is 2. The fourth-order valence-corrected chi connectivity index (χ4v) is 4.28. The smallest absolute Gasteiger partial charge is 0.286 e. The molecule has 0 aliphatic rings. The molecule has 0 radical (unpaired) electrons. The van der Waals surface area contributed by atoms with Gasteiger partial charge in [0.25, 0.3) is 11.2 Å². The van der Waals surface area contributed by atoms with Gasteiger partial charge in [-0.15, -0.1) is 0 Å². The molecule has 0 amide bonds. The summed E-state index contributed by atoms with van der Waals surface area (Å²) in [6, 6.07) is 17.5. The molecular weight excluding hydrogens is 501 g/mol. The third-order valence-corrected chi connectivity index (χ3v) is 5.97. The van der Waals surface area contributed by atoms with E-state index in [-0.39, 0.29) is 28.4 Å². The number of hydrogen-bond acceptors (Lipinski definition) is 5. The first-order valence-corrected chi connectivity index (χ1v) is 10.9. The molecule has 5 rings (SSSR count). The molecule has 0 fully saturated rings. The summed E-state index contributed by atoms with van der Waals surface area (Å²) in [5, 5.41) is 12.8. The van der Waals surface area contributed by atoms with E-state index in [4.69, 9.17) is 34.8 Å².